The number of methoxy groups -OCH3 is 1. The summed E-state index contributed by atoms with van der Waals surface area (Å²) < 4.78 is 15.5. The van der Waals surface area contributed by atoms with Gasteiger partial charge in [0.25, 0.3) is 5.91 Å². The summed E-state index contributed by atoms with van der Waals surface area (Å²) in [6.07, 6.45) is 0.483. The highest BCUT2D eigenvalue weighted by molar-refractivity contribution is 6.03. The van der Waals surface area contributed by atoms with E-state index in [1.165, 1.54) is 23.2 Å². The maximum atomic E-state index is 13.0. The maximum Gasteiger partial charge on any atom is 0.344 e. The fraction of sp³-hybridized carbons (Fsp3) is 0.192. The second-order valence-electron chi connectivity index (χ2n) is 7.82. The van der Waals surface area contributed by atoms with Crippen molar-refractivity contribution in [2.75, 3.05) is 20.3 Å². The van der Waals surface area contributed by atoms with Gasteiger partial charge in [-0.15, -0.1) is 0 Å². The first-order valence-electron chi connectivity index (χ1n) is 11.1. The number of nitrogens with zero attached hydrogens (tertiary/aromatic N) is 3. The number of amides is 1. The first kappa shape index (κ1) is 24.4. The van der Waals surface area contributed by atoms with E-state index in [0.717, 1.165) is 16.8 Å². The monoisotopic (exact) mass is 489 g/mol. The van der Waals surface area contributed by atoms with Crippen molar-refractivity contribution in [3.63, 3.8) is 0 Å². The van der Waals surface area contributed by atoms with Crippen LogP contribution in [-0.2, 0) is 14.3 Å². The molecule has 36 heavy (non-hydrogen) atoms. The molecule has 1 amide bonds. The Morgan fingerprint density at radius 1 is 1.00 bits per heavy atom. The van der Waals surface area contributed by atoms with Crippen LogP contribution in [0.1, 0.15) is 23.6 Å². The third-order valence-corrected chi connectivity index (χ3v) is 5.54. The Morgan fingerprint density at radius 3 is 2.39 bits per heavy atom. The van der Waals surface area contributed by atoms with E-state index in [9.17, 15) is 19.7 Å². The number of nitro groups is 1. The van der Waals surface area contributed by atoms with Gasteiger partial charge >= 0.3 is 11.7 Å². The van der Waals surface area contributed by atoms with Gasteiger partial charge in [0, 0.05) is 12.5 Å². The van der Waals surface area contributed by atoms with Gasteiger partial charge in [0.05, 0.1) is 23.8 Å². The van der Waals surface area contributed by atoms with Crippen molar-refractivity contribution in [2.45, 2.75) is 12.5 Å². The molecule has 184 valence electrons. The number of benzene rings is 3. The molecule has 1 atom stereocenters. The summed E-state index contributed by atoms with van der Waals surface area (Å²) in [6, 6.07) is 22.1. The fourth-order valence-electron chi connectivity index (χ4n) is 3.75. The highest BCUT2D eigenvalue weighted by Gasteiger charge is 2.33. The van der Waals surface area contributed by atoms with Crippen molar-refractivity contribution in [3.8, 4) is 11.5 Å². The van der Waals surface area contributed by atoms with Crippen LogP contribution >= 0.6 is 0 Å². The molecule has 0 aromatic heterocycles. The van der Waals surface area contributed by atoms with Crippen LogP contribution < -0.4 is 9.47 Å². The SMILES string of the molecule is COc1ccc(C2CC(c3ccccc3)=NN2C(=O)COC(=O)COc2ccccc2[N+](=O)[O-])cc1. The lowest BCUT2D eigenvalue weighted by Gasteiger charge is -2.22. The number of ether oxygens (including phenoxy) is 3. The molecule has 10 heteroatoms. The van der Waals surface area contributed by atoms with Gasteiger partial charge in [-0.3, -0.25) is 14.9 Å². The summed E-state index contributed by atoms with van der Waals surface area (Å²) >= 11 is 0. The zero-order valence-corrected chi connectivity index (χ0v) is 19.4. The van der Waals surface area contributed by atoms with Gasteiger partial charge in [0.1, 0.15) is 5.75 Å². The lowest BCUT2D eigenvalue weighted by molar-refractivity contribution is -0.385. The lowest BCUT2D eigenvalue weighted by Crippen LogP contribution is -2.32. The molecule has 0 saturated heterocycles. The molecule has 0 spiro atoms. The summed E-state index contributed by atoms with van der Waals surface area (Å²) in [5.41, 5.74) is 2.20. The number of hydrazone groups is 1. The minimum absolute atomic E-state index is 0.0676. The second kappa shape index (κ2) is 11.1. The molecular weight excluding hydrogens is 466 g/mol. The number of rotatable bonds is 9. The Hall–Kier alpha value is -4.73. The number of carbonyl (C=O) groups excluding carboxylic acids is 2. The maximum absolute atomic E-state index is 13.0. The zero-order valence-electron chi connectivity index (χ0n) is 19.4. The van der Waals surface area contributed by atoms with Crippen molar-refractivity contribution < 1.29 is 28.7 Å². The average molecular weight is 489 g/mol. The lowest BCUT2D eigenvalue weighted by atomic mass is 9.98. The summed E-state index contributed by atoms with van der Waals surface area (Å²) in [7, 11) is 1.57. The highest BCUT2D eigenvalue weighted by Crippen LogP contribution is 2.33. The summed E-state index contributed by atoms with van der Waals surface area (Å²) in [5.74, 6) is -0.733. The summed E-state index contributed by atoms with van der Waals surface area (Å²) in [4.78, 5) is 35.7. The normalized spacial score (nSPS) is 14.6. The van der Waals surface area contributed by atoms with Crippen LogP contribution in [-0.4, -0.2) is 47.8 Å². The second-order valence-corrected chi connectivity index (χ2v) is 7.82. The number of esters is 1. The quantitative estimate of drug-likeness (QED) is 0.254. The topological polar surface area (TPSA) is 121 Å². The van der Waals surface area contributed by atoms with E-state index in [0.29, 0.717) is 12.2 Å². The van der Waals surface area contributed by atoms with Gasteiger partial charge in [-0.1, -0.05) is 54.6 Å². The van der Waals surface area contributed by atoms with Gasteiger partial charge in [-0.05, 0) is 29.3 Å². The van der Waals surface area contributed by atoms with Gasteiger partial charge in [0.15, 0.2) is 19.0 Å². The highest BCUT2D eigenvalue weighted by atomic mass is 16.6. The largest absolute Gasteiger partial charge is 0.497 e. The molecule has 0 saturated carbocycles. The van der Waals surface area contributed by atoms with Crippen molar-refractivity contribution in [1.82, 2.24) is 5.01 Å². The molecule has 3 aromatic rings. The molecule has 0 N–H and O–H groups in total. The van der Waals surface area contributed by atoms with E-state index in [-0.39, 0.29) is 17.5 Å². The first-order chi connectivity index (χ1) is 17.5. The minimum Gasteiger partial charge on any atom is -0.497 e. The van der Waals surface area contributed by atoms with Crippen molar-refractivity contribution in [2.24, 2.45) is 5.10 Å². The molecule has 0 radical (unpaired) electrons. The Labute approximate surface area is 206 Å². The van der Waals surface area contributed by atoms with Crippen LogP contribution in [0.3, 0.4) is 0 Å². The van der Waals surface area contributed by atoms with E-state index >= 15 is 0 Å². The van der Waals surface area contributed by atoms with E-state index in [4.69, 9.17) is 14.2 Å². The molecule has 10 nitrogen and oxygen atoms in total. The summed E-state index contributed by atoms with van der Waals surface area (Å²) in [5, 5.41) is 16.9. The summed E-state index contributed by atoms with van der Waals surface area (Å²) in [6.45, 7) is -1.14. The number of nitro benzene ring substituents is 1. The zero-order chi connectivity index (χ0) is 25.5. The number of carbonyl (C=O) groups is 2. The molecule has 4 rings (SSSR count). The Balaban J connectivity index is 1.43. The van der Waals surface area contributed by atoms with Crippen molar-refractivity contribution in [1.29, 1.82) is 0 Å². The smallest absolute Gasteiger partial charge is 0.344 e. The minimum atomic E-state index is -0.839. The fourth-order valence-corrected chi connectivity index (χ4v) is 3.75. The van der Waals surface area contributed by atoms with Crippen molar-refractivity contribution >= 4 is 23.3 Å². The molecule has 1 heterocycles. The Bertz CT molecular complexity index is 1280. The third-order valence-electron chi connectivity index (χ3n) is 5.54. The predicted octanol–water partition coefficient (Wildman–Crippen LogP) is 3.90. The number of hydrogen-bond acceptors (Lipinski definition) is 8. The average Bonchev–Trinajstić information content (AvgIpc) is 3.37. The van der Waals surface area contributed by atoms with E-state index < -0.39 is 30.0 Å². The number of hydrogen-bond donors (Lipinski definition) is 0. The van der Waals surface area contributed by atoms with Crippen LogP contribution in [0.15, 0.2) is 84.0 Å². The molecule has 0 bridgehead atoms. The van der Waals surface area contributed by atoms with Crippen LogP contribution in [0.5, 0.6) is 11.5 Å². The first-order valence-corrected chi connectivity index (χ1v) is 11.1. The number of para-hydroxylation sites is 2. The van der Waals surface area contributed by atoms with Gasteiger partial charge in [-0.2, -0.15) is 5.10 Å². The van der Waals surface area contributed by atoms with Gasteiger partial charge in [-0.25, -0.2) is 9.80 Å². The molecule has 1 aliphatic rings. The van der Waals surface area contributed by atoms with Gasteiger partial charge < -0.3 is 14.2 Å². The third kappa shape index (κ3) is 5.66. The van der Waals surface area contributed by atoms with Crippen molar-refractivity contribution in [3.05, 3.63) is 100 Å². The van der Waals surface area contributed by atoms with E-state index in [1.54, 1.807) is 25.3 Å². The molecule has 0 aliphatic carbocycles. The van der Waals surface area contributed by atoms with Crippen LogP contribution in [0.2, 0.25) is 0 Å². The van der Waals surface area contributed by atoms with Crippen LogP contribution in [0.4, 0.5) is 5.69 Å². The van der Waals surface area contributed by atoms with Crippen LogP contribution in [0, 0.1) is 10.1 Å². The molecule has 3 aromatic carbocycles. The molecule has 1 aliphatic heterocycles. The standard InChI is InChI=1S/C26H23N3O7/c1-34-20-13-11-19(12-14-20)23-15-21(18-7-3-2-4-8-18)27-28(23)25(30)16-36-26(31)17-35-24-10-6-5-9-22(24)29(32)33/h2-14,23H,15-17H2,1H3. The predicted molar refractivity (Wildman–Crippen MR) is 130 cm³/mol. The van der Waals surface area contributed by atoms with E-state index in [1.807, 2.05) is 42.5 Å². The van der Waals surface area contributed by atoms with E-state index in [2.05, 4.69) is 5.10 Å². The molecule has 1 unspecified atom stereocenters. The molecule has 0 fully saturated rings. The Kier molecular flexibility index (Phi) is 7.54. The van der Waals surface area contributed by atoms with Gasteiger partial charge in [0.2, 0.25) is 0 Å². The Morgan fingerprint density at radius 2 is 1.69 bits per heavy atom. The molecular formula is C26H23N3O7. The van der Waals surface area contributed by atoms with Crippen LogP contribution in [0.25, 0.3) is 0 Å².